The van der Waals surface area contributed by atoms with Crippen molar-refractivity contribution in [3.8, 4) is 0 Å². The normalized spacial score (nSPS) is 29.3. The number of alkyl carbamates (subject to hydrolysis) is 1. The molecule has 128 valence electrons. The first-order chi connectivity index (χ1) is 10.4. The molecule has 0 bridgehead atoms. The highest BCUT2D eigenvalue weighted by molar-refractivity contribution is 7.99. The largest absolute Gasteiger partial charge is 0.444 e. The molecule has 0 radical (unpaired) electrons. The van der Waals surface area contributed by atoms with E-state index in [0.29, 0.717) is 12.0 Å². The Morgan fingerprint density at radius 1 is 1.14 bits per heavy atom. The summed E-state index contributed by atoms with van der Waals surface area (Å²) in [6, 6.07) is 0.553. The summed E-state index contributed by atoms with van der Waals surface area (Å²) in [5, 5.41) is 7.49. The molecule has 1 saturated heterocycles. The van der Waals surface area contributed by atoms with E-state index in [1.165, 1.54) is 44.3 Å². The van der Waals surface area contributed by atoms with Gasteiger partial charge in [0.05, 0.1) is 0 Å². The molecule has 0 spiro atoms. The van der Waals surface area contributed by atoms with Crippen molar-refractivity contribution >= 4 is 17.9 Å². The zero-order valence-corrected chi connectivity index (χ0v) is 15.1. The zero-order valence-electron chi connectivity index (χ0n) is 14.3. The number of hydrogen-bond acceptors (Lipinski definition) is 4. The summed E-state index contributed by atoms with van der Waals surface area (Å²) < 4.78 is 5.31. The number of carbonyl (C=O) groups excluding carboxylic acids is 1. The van der Waals surface area contributed by atoms with Crippen LogP contribution in [0.15, 0.2) is 0 Å². The molecule has 3 atom stereocenters. The topological polar surface area (TPSA) is 50.4 Å². The summed E-state index contributed by atoms with van der Waals surface area (Å²) in [5.41, 5.74) is -0.421. The van der Waals surface area contributed by atoms with Crippen LogP contribution >= 0.6 is 11.8 Å². The minimum absolute atomic E-state index is 0.291. The van der Waals surface area contributed by atoms with E-state index < -0.39 is 5.60 Å². The van der Waals surface area contributed by atoms with Gasteiger partial charge in [0, 0.05) is 24.4 Å². The molecule has 1 amide bonds. The third-order valence-corrected chi connectivity index (χ3v) is 5.85. The fourth-order valence-electron chi connectivity index (χ4n) is 3.33. The second-order valence-corrected chi connectivity index (χ2v) is 8.99. The van der Waals surface area contributed by atoms with Crippen LogP contribution in [-0.2, 0) is 4.74 Å². The van der Waals surface area contributed by atoms with Gasteiger partial charge in [-0.05, 0) is 58.1 Å². The Morgan fingerprint density at radius 2 is 1.95 bits per heavy atom. The average molecular weight is 329 g/mol. The van der Waals surface area contributed by atoms with Gasteiger partial charge in [-0.2, -0.15) is 11.8 Å². The lowest BCUT2D eigenvalue weighted by atomic mass is 10.0. The molecule has 2 N–H and O–H groups in total. The maximum atomic E-state index is 11.8. The highest BCUT2D eigenvalue weighted by Gasteiger charge is 2.28. The number of amides is 1. The summed E-state index contributed by atoms with van der Waals surface area (Å²) in [6.07, 6.45) is 7.52. The minimum atomic E-state index is -0.421. The van der Waals surface area contributed by atoms with E-state index >= 15 is 0 Å². The van der Waals surface area contributed by atoms with Crippen LogP contribution in [0, 0.1) is 5.92 Å². The molecule has 0 aromatic heterocycles. The highest BCUT2D eigenvalue weighted by Crippen LogP contribution is 2.28. The third kappa shape index (κ3) is 6.37. The van der Waals surface area contributed by atoms with Gasteiger partial charge in [0.2, 0.25) is 0 Å². The molecule has 22 heavy (non-hydrogen) atoms. The summed E-state index contributed by atoms with van der Waals surface area (Å²) in [4.78, 5) is 11.8. The fourth-order valence-corrected chi connectivity index (χ4v) is 4.58. The Balaban J connectivity index is 1.67. The Morgan fingerprint density at radius 3 is 2.64 bits per heavy atom. The number of thioether (sulfide) groups is 1. The maximum Gasteiger partial charge on any atom is 0.407 e. The number of rotatable bonds is 5. The molecule has 1 aliphatic carbocycles. The van der Waals surface area contributed by atoms with Crippen molar-refractivity contribution in [1.82, 2.24) is 10.6 Å². The van der Waals surface area contributed by atoms with Crippen LogP contribution in [0.2, 0.25) is 0 Å². The molecule has 2 rings (SSSR count). The third-order valence-electron chi connectivity index (χ3n) is 4.45. The lowest BCUT2D eigenvalue weighted by molar-refractivity contribution is 0.0517. The monoisotopic (exact) mass is 328 g/mol. The van der Waals surface area contributed by atoms with E-state index in [2.05, 4.69) is 22.4 Å². The van der Waals surface area contributed by atoms with Gasteiger partial charge in [-0.3, -0.25) is 0 Å². The van der Waals surface area contributed by atoms with E-state index in [4.69, 9.17) is 4.74 Å². The van der Waals surface area contributed by atoms with Crippen LogP contribution in [0.5, 0.6) is 0 Å². The summed E-state index contributed by atoms with van der Waals surface area (Å²) in [5.74, 6) is 1.86. The summed E-state index contributed by atoms with van der Waals surface area (Å²) in [7, 11) is 0. The minimum Gasteiger partial charge on any atom is -0.444 e. The number of ether oxygens (including phenoxy) is 1. The van der Waals surface area contributed by atoms with Crippen molar-refractivity contribution < 1.29 is 9.53 Å². The highest BCUT2D eigenvalue weighted by atomic mass is 32.2. The standard InChI is InChI=1S/C17H32N2O2S/c1-17(2,3)21-16(20)19-11-13-7-6-9-15(13)18-12-14-8-4-5-10-22-14/h13-15,18H,4-12H2,1-3H3,(H,19,20). The predicted molar refractivity (Wildman–Crippen MR) is 93.5 cm³/mol. The van der Waals surface area contributed by atoms with E-state index in [9.17, 15) is 4.79 Å². The molecule has 3 unspecified atom stereocenters. The van der Waals surface area contributed by atoms with Crippen molar-refractivity contribution in [3.05, 3.63) is 0 Å². The summed E-state index contributed by atoms with van der Waals surface area (Å²) in [6.45, 7) is 7.54. The first-order valence-corrected chi connectivity index (χ1v) is 9.81. The molecule has 0 aromatic rings. The van der Waals surface area contributed by atoms with Gasteiger partial charge >= 0.3 is 6.09 Å². The van der Waals surface area contributed by atoms with Crippen LogP contribution in [0.25, 0.3) is 0 Å². The molecular weight excluding hydrogens is 296 g/mol. The predicted octanol–water partition coefficient (Wildman–Crippen LogP) is 3.56. The Labute approximate surface area is 139 Å². The van der Waals surface area contributed by atoms with Crippen molar-refractivity contribution in [2.24, 2.45) is 5.92 Å². The molecule has 1 saturated carbocycles. The van der Waals surface area contributed by atoms with Gasteiger partial charge in [0.1, 0.15) is 5.60 Å². The first-order valence-electron chi connectivity index (χ1n) is 8.76. The lowest BCUT2D eigenvalue weighted by Gasteiger charge is -2.27. The smallest absolute Gasteiger partial charge is 0.407 e. The molecule has 1 heterocycles. The molecule has 4 nitrogen and oxygen atoms in total. The average Bonchev–Trinajstić information content (AvgIpc) is 2.90. The lowest BCUT2D eigenvalue weighted by Crippen LogP contribution is -2.43. The molecule has 0 aromatic carbocycles. The van der Waals surface area contributed by atoms with Crippen LogP contribution in [0.1, 0.15) is 59.3 Å². The number of nitrogens with one attached hydrogen (secondary N) is 2. The SMILES string of the molecule is CC(C)(C)OC(=O)NCC1CCCC1NCC1CCCCS1. The van der Waals surface area contributed by atoms with Gasteiger partial charge < -0.3 is 15.4 Å². The van der Waals surface area contributed by atoms with E-state index in [1.54, 1.807) is 0 Å². The van der Waals surface area contributed by atoms with Crippen LogP contribution in [0.3, 0.4) is 0 Å². The van der Waals surface area contributed by atoms with Gasteiger partial charge in [-0.1, -0.05) is 12.8 Å². The number of hydrogen-bond donors (Lipinski definition) is 2. The zero-order chi connectivity index (χ0) is 16.0. The molecule has 2 fully saturated rings. The number of carbonyl (C=O) groups is 1. The molecule has 5 heteroatoms. The van der Waals surface area contributed by atoms with Crippen LogP contribution in [0.4, 0.5) is 4.79 Å². The Kier molecular flexibility index (Phi) is 6.87. The molecular formula is C17H32N2O2S. The maximum absolute atomic E-state index is 11.8. The Hall–Kier alpha value is -0.420. The fraction of sp³-hybridized carbons (Fsp3) is 0.941. The van der Waals surface area contributed by atoms with Gasteiger partial charge in [-0.15, -0.1) is 0 Å². The molecule has 2 aliphatic rings. The van der Waals surface area contributed by atoms with Crippen molar-refractivity contribution in [2.45, 2.75) is 76.2 Å². The second kappa shape index (κ2) is 8.44. The molecule has 1 aliphatic heterocycles. The van der Waals surface area contributed by atoms with Crippen LogP contribution in [-0.4, -0.2) is 41.8 Å². The van der Waals surface area contributed by atoms with E-state index in [-0.39, 0.29) is 6.09 Å². The summed E-state index contributed by atoms with van der Waals surface area (Å²) >= 11 is 2.12. The van der Waals surface area contributed by atoms with E-state index in [1.807, 2.05) is 20.8 Å². The van der Waals surface area contributed by atoms with Gasteiger partial charge in [0.25, 0.3) is 0 Å². The van der Waals surface area contributed by atoms with E-state index in [0.717, 1.165) is 18.3 Å². The van der Waals surface area contributed by atoms with Crippen molar-refractivity contribution in [2.75, 3.05) is 18.8 Å². The van der Waals surface area contributed by atoms with Gasteiger partial charge in [0.15, 0.2) is 0 Å². The van der Waals surface area contributed by atoms with Crippen molar-refractivity contribution in [3.63, 3.8) is 0 Å². The van der Waals surface area contributed by atoms with Crippen LogP contribution < -0.4 is 10.6 Å². The van der Waals surface area contributed by atoms with Gasteiger partial charge in [-0.25, -0.2) is 4.79 Å². The second-order valence-electron chi connectivity index (χ2n) is 7.58. The Bertz CT molecular complexity index is 351. The van der Waals surface area contributed by atoms with Crippen molar-refractivity contribution in [1.29, 1.82) is 0 Å². The quantitative estimate of drug-likeness (QED) is 0.810. The first kappa shape index (κ1) is 17.9.